The molecule has 1 aromatic carbocycles. The molecule has 1 saturated carbocycles. The third kappa shape index (κ3) is 4.07. The van der Waals surface area contributed by atoms with Gasteiger partial charge in [-0.2, -0.15) is 0 Å². The number of carbonyl (C=O) groups is 1. The minimum Gasteiger partial charge on any atom is -0.356 e. The number of nitrogens with one attached hydrogen (secondary N) is 1. The van der Waals surface area contributed by atoms with E-state index >= 15 is 0 Å². The van der Waals surface area contributed by atoms with Crippen molar-refractivity contribution in [1.29, 1.82) is 0 Å². The highest BCUT2D eigenvalue weighted by molar-refractivity contribution is 5.82. The van der Waals surface area contributed by atoms with Gasteiger partial charge in [-0.1, -0.05) is 43.7 Å². The summed E-state index contributed by atoms with van der Waals surface area (Å²) in [5.74, 6) is 1.35. The molecule has 0 radical (unpaired) electrons. The Morgan fingerprint density at radius 1 is 1.35 bits per heavy atom. The molecule has 20 heavy (non-hydrogen) atoms. The predicted octanol–water partition coefficient (Wildman–Crippen LogP) is 2.67. The van der Waals surface area contributed by atoms with E-state index in [0.29, 0.717) is 18.4 Å². The number of hydrogen-bond donors (Lipinski definition) is 2. The lowest BCUT2D eigenvalue weighted by Crippen LogP contribution is -2.31. The molecule has 3 atom stereocenters. The molecule has 0 aromatic heterocycles. The van der Waals surface area contributed by atoms with Gasteiger partial charge in [0, 0.05) is 12.5 Å². The van der Waals surface area contributed by atoms with E-state index in [1.54, 1.807) is 0 Å². The molecule has 2 rings (SSSR count). The van der Waals surface area contributed by atoms with Crippen molar-refractivity contribution in [2.24, 2.45) is 17.6 Å². The van der Waals surface area contributed by atoms with Crippen molar-refractivity contribution in [3.8, 4) is 0 Å². The van der Waals surface area contributed by atoms with Gasteiger partial charge < -0.3 is 11.1 Å². The van der Waals surface area contributed by atoms with Crippen LogP contribution in [-0.2, 0) is 4.79 Å². The van der Waals surface area contributed by atoms with Crippen molar-refractivity contribution in [3.05, 3.63) is 35.9 Å². The van der Waals surface area contributed by atoms with E-state index in [0.717, 1.165) is 32.2 Å². The van der Waals surface area contributed by atoms with E-state index in [2.05, 4.69) is 24.4 Å². The summed E-state index contributed by atoms with van der Waals surface area (Å²) >= 11 is 0. The third-order valence-electron chi connectivity index (χ3n) is 4.19. The van der Waals surface area contributed by atoms with Gasteiger partial charge in [0.2, 0.25) is 5.91 Å². The van der Waals surface area contributed by atoms with Crippen LogP contribution in [0.4, 0.5) is 0 Å². The van der Waals surface area contributed by atoms with E-state index in [4.69, 9.17) is 5.73 Å². The van der Waals surface area contributed by atoms with Gasteiger partial charge in [0.05, 0.1) is 0 Å². The van der Waals surface area contributed by atoms with E-state index in [1.807, 2.05) is 18.2 Å². The molecule has 0 spiro atoms. The summed E-state index contributed by atoms with van der Waals surface area (Å²) in [4.78, 5) is 12.2. The second-order valence-electron chi connectivity index (χ2n) is 5.84. The lowest BCUT2D eigenvalue weighted by molar-refractivity contribution is -0.122. The van der Waals surface area contributed by atoms with Gasteiger partial charge in [-0.25, -0.2) is 0 Å². The molecular weight excluding hydrogens is 248 g/mol. The Morgan fingerprint density at radius 2 is 2.10 bits per heavy atom. The van der Waals surface area contributed by atoms with Crippen LogP contribution in [0.15, 0.2) is 30.3 Å². The van der Waals surface area contributed by atoms with Gasteiger partial charge in [-0.15, -0.1) is 0 Å². The maximum Gasteiger partial charge on any atom is 0.223 e. The Labute approximate surface area is 121 Å². The van der Waals surface area contributed by atoms with Crippen molar-refractivity contribution in [1.82, 2.24) is 5.32 Å². The number of benzene rings is 1. The molecule has 0 heterocycles. The molecule has 110 valence electrons. The number of hydrogen-bond acceptors (Lipinski definition) is 2. The SMILES string of the molecule is CCCC(CCN)CNC(=O)C1CC1c1ccccc1. The van der Waals surface area contributed by atoms with Crippen LogP contribution in [-0.4, -0.2) is 19.0 Å². The predicted molar refractivity (Wildman–Crippen MR) is 82.4 cm³/mol. The second-order valence-corrected chi connectivity index (χ2v) is 5.84. The number of amides is 1. The summed E-state index contributed by atoms with van der Waals surface area (Å²) in [6.07, 6.45) is 4.28. The fourth-order valence-electron chi connectivity index (χ4n) is 2.92. The highest BCUT2D eigenvalue weighted by Crippen LogP contribution is 2.47. The molecule has 0 saturated heterocycles. The molecular formula is C17H26N2O. The van der Waals surface area contributed by atoms with Crippen molar-refractivity contribution < 1.29 is 4.79 Å². The van der Waals surface area contributed by atoms with Crippen LogP contribution in [0, 0.1) is 11.8 Å². The highest BCUT2D eigenvalue weighted by atomic mass is 16.2. The Balaban J connectivity index is 1.76. The fourth-order valence-corrected chi connectivity index (χ4v) is 2.92. The molecule has 1 fully saturated rings. The largest absolute Gasteiger partial charge is 0.356 e. The van der Waals surface area contributed by atoms with Gasteiger partial charge in [0.15, 0.2) is 0 Å². The Morgan fingerprint density at radius 3 is 2.75 bits per heavy atom. The number of rotatable bonds is 8. The lowest BCUT2D eigenvalue weighted by atomic mass is 10.00. The first-order valence-corrected chi connectivity index (χ1v) is 7.79. The first-order valence-electron chi connectivity index (χ1n) is 7.79. The zero-order chi connectivity index (χ0) is 14.4. The summed E-state index contributed by atoms with van der Waals surface area (Å²) < 4.78 is 0. The summed E-state index contributed by atoms with van der Waals surface area (Å²) in [6.45, 7) is 3.66. The first kappa shape index (κ1) is 15.0. The molecule has 3 unspecified atom stereocenters. The number of nitrogens with two attached hydrogens (primary N) is 1. The molecule has 0 aliphatic heterocycles. The Hall–Kier alpha value is -1.35. The van der Waals surface area contributed by atoms with Gasteiger partial charge >= 0.3 is 0 Å². The maximum atomic E-state index is 12.2. The average Bonchev–Trinajstić information content (AvgIpc) is 3.26. The van der Waals surface area contributed by atoms with E-state index < -0.39 is 0 Å². The Bertz CT molecular complexity index is 412. The van der Waals surface area contributed by atoms with Crippen molar-refractivity contribution in [2.45, 2.75) is 38.5 Å². The quantitative estimate of drug-likeness (QED) is 0.765. The second kappa shape index (κ2) is 7.44. The van der Waals surface area contributed by atoms with Crippen LogP contribution in [0.2, 0.25) is 0 Å². The molecule has 1 aromatic rings. The van der Waals surface area contributed by atoms with E-state index in [1.165, 1.54) is 5.56 Å². The number of carbonyl (C=O) groups excluding carboxylic acids is 1. The van der Waals surface area contributed by atoms with Gasteiger partial charge in [-0.05, 0) is 43.2 Å². The van der Waals surface area contributed by atoms with Crippen LogP contribution in [0.3, 0.4) is 0 Å². The van der Waals surface area contributed by atoms with Gasteiger partial charge in [0.1, 0.15) is 0 Å². The summed E-state index contributed by atoms with van der Waals surface area (Å²) in [7, 11) is 0. The van der Waals surface area contributed by atoms with Crippen LogP contribution in [0.25, 0.3) is 0 Å². The standard InChI is InChI=1S/C17H26N2O/c1-2-6-13(9-10-18)12-19-17(20)16-11-15(16)14-7-4-3-5-8-14/h3-5,7-8,13,15-16H,2,6,9-12,18H2,1H3,(H,19,20). The molecule has 1 aliphatic rings. The lowest BCUT2D eigenvalue weighted by Gasteiger charge is -2.15. The molecule has 1 amide bonds. The van der Waals surface area contributed by atoms with Crippen LogP contribution < -0.4 is 11.1 Å². The Kier molecular flexibility index (Phi) is 5.60. The third-order valence-corrected chi connectivity index (χ3v) is 4.19. The molecule has 3 N–H and O–H groups in total. The average molecular weight is 274 g/mol. The summed E-state index contributed by atoms with van der Waals surface area (Å²) in [5.41, 5.74) is 6.91. The minimum atomic E-state index is 0.178. The van der Waals surface area contributed by atoms with Crippen LogP contribution >= 0.6 is 0 Å². The molecule has 3 nitrogen and oxygen atoms in total. The fraction of sp³-hybridized carbons (Fsp3) is 0.588. The summed E-state index contributed by atoms with van der Waals surface area (Å²) in [5, 5.41) is 3.12. The van der Waals surface area contributed by atoms with Crippen molar-refractivity contribution >= 4 is 5.91 Å². The molecule has 1 aliphatic carbocycles. The molecule has 0 bridgehead atoms. The maximum absolute atomic E-state index is 12.2. The topological polar surface area (TPSA) is 55.1 Å². The van der Waals surface area contributed by atoms with Crippen LogP contribution in [0.1, 0.15) is 44.1 Å². The van der Waals surface area contributed by atoms with Crippen molar-refractivity contribution in [3.63, 3.8) is 0 Å². The molecule has 3 heteroatoms. The zero-order valence-corrected chi connectivity index (χ0v) is 12.3. The summed E-state index contributed by atoms with van der Waals surface area (Å²) in [6, 6.07) is 10.3. The van der Waals surface area contributed by atoms with Gasteiger partial charge in [0.25, 0.3) is 0 Å². The highest BCUT2D eigenvalue weighted by Gasteiger charge is 2.43. The van der Waals surface area contributed by atoms with E-state index in [-0.39, 0.29) is 11.8 Å². The van der Waals surface area contributed by atoms with Gasteiger partial charge in [-0.3, -0.25) is 4.79 Å². The zero-order valence-electron chi connectivity index (χ0n) is 12.3. The first-order chi connectivity index (χ1) is 9.76. The van der Waals surface area contributed by atoms with Crippen molar-refractivity contribution in [2.75, 3.05) is 13.1 Å². The van der Waals surface area contributed by atoms with Crippen LogP contribution in [0.5, 0.6) is 0 Å². The monoisotopic (exact) mass is 274 g/mol. The minimum absolute atomic E-state index is 0.178. The normalized spacial score (nSPS) is 22.3. The van der Waals surface area contributed by atoms with E-state index in [9.17, 15) is 4.79 Å². The smallest absolute Gasteiger partial charge is 0.223 e.